The molecule has 1 aliphatic rings. The number of hydrogen-bond acceptors (Lipinski definition) is 0. The minimum Gasteiger partial charge on any atom is -0.137 e. The van der Waals surface area contributed by atoms with Gasteiger partial charge in [-0.15, -0.1) is 10.0 Å². The number of hydrogen-bond donors (Lipinski definition) is 0. The van der Waals surface area contributed by atoms with Crippen LogP contribution in [0.15, 0.2) is 214 Å². The van der Waals surface area contributed by atoms with Gasteiger partial charge in [-0.25, -0.2) is 0 Å². The van der Waals surface area contributed by atoms with E-state index in [2.05, 4.69) is 209 Å². The van der Waals surface area contributed by atoms with Crippen molar-refractivity contribution in [2.75, 3.05) is 0 Å². The summed E-state index contributed by atoms with van der Waals surface area (Å²) in [6, 6.07) is 59.5. The Morgan fingerprint density at radius 3 is 1.58 bits per heavy atom. The van der Waals surface area contributed by atoms with Crippen LogP contribution in [-0.4, -0.2) is 8.07 Å². The largest absolute Gasteiger partial charge is 0.179 e. The number of benzene rings is 6. The fourth-order valence-electron chi connectivity index (χ4n) is 8.03. The molecule has 0 aliphatic heterocycles. The van der Waals surface area contributed by atoms with Crippen LogP contribution in [0.25, 0.3) is 11.1 Å². The minimum absolute atomic E-state index is 0.947. The van der Waals surface area contributed by atoms with Crippen molar-refractivity contribution < 1.29 is 0 Å². The fraction of sp³-hybridized carbons (Fsp3) is 0.0833. The number of fused-ring (bicyclic) bond motifs is 3. The van der Waals surface area contributed by atoms with Gasteiger partial charge in [-0.05, 0) is 104 Å². The first kappa shape index (κ1) is 33.3. The summed E-state index contributed by atoms with van der Waals surface area (Å²) in [5.74, 6) is 0. The van der Waals surface area contributed by atoms with Gasteiger partial charge in [-0.2, -0.15) is 0 Å². The Hall–Kier alpha value is -5.15. The molecule has 0 heterocycles. The molecule has 1 unspecified atom stereocenters. The summed E-state index contributed by atoms with van der Waals surface area (Å²) in [7, 11) is -4.43. The molecule has 0 saturated heterocycles. The Morgan fingerprint density at radius 2 is 1.08 bits per heavy atom. The van der Waals surface area contributed by atoms with Crippen molar-refractivity contribution in [2.24, 2.45) is 0 Å². The monoisotopic (exact) mass is 680 g/mol. The van der Waals surface area contributed by atoms with Crippen LogP contribution >= 0.6 is 10.0 Å². The second-order valence-electron chi connectivity index (χ2n) is 12.8. The lowest BCUT2D eigenvalue weighted by molar-refractivity contribution is 1.25. The summed E-state index contributed by atoms with van der Waals surface area (Å²) in [4.78, 5) is 5.33. The average Bonchev–Trinajstić information content (AvgIpc) is 3.54. The van der Waals surface area contributed by atoms with Gasteiger partial charge in [-0.3, -0.25) is 0 Å². The van der Waals surface area contributed by atoms with Crippen molar-refractivity contribution in [3.8, 4) is 11.1 Å². The highest BCUT2D eigenvalue weighted by Gasteiger charge is 2.42. The van der Waals surface area contributed by atoms with Crippen LogP contribution in [0.5, 0.6) is 0 Å². The summed E-state index contributed by atoms with van der Waals surface area (Å²) in [5.41, 5.74) is 5.51. The van der Waals surface area contributed by atoms with E-state index in [1.54, 1.807) is 0 Å². The predicted octanol–water partition coefficient (Wildman–Crippen LogP) is 10.4. The van der Waals surface area contributed by atoms with E-state index < -0.39 is 18.1 Å². The number of allylic oxidation sites excluding steroid dienone is 6. The van der Waals surface area contributed by atoms with Crippen molar-refractivity contribution in [3.63, 3.8) is 0 Å². The maximum atomic E-state index is 4.13. The zero-order valence-electron chi connectivity index (χ0n) is 29.2. The van der Waals surface area contributed by atoms with Gasteiger partial charge in [0.25, 0.3) is 0 Å². The molecular formula is C48H44SSi. The van der Waals surface area contributed by atoms with Crippen molar-refractivity contribution >= 4 is 38.8 Å². The Morgan fingerprint density at radius 1 is 0.580 bits per heavy atom. The Labute approximate surface area is 301 Å². The van der Waals surface area contributed by atoms with E-state index in [4.69, 9.17) is 0 Å². The van der Waals surface area contributed by atoms with Crippen molar-refractivity contribution in [1.82, 2.24) is 0 Å². The summed E-state index contributed by atoms with van der Waals surface area (Å²) in [5, 5.41) is 5.59. The topological polar surface area (TPSA) is 0 Å². The maximum absolute atomic E-state index is 4.13. The Bertz CT molecular complexity index is 2120. The lowest BCUT2D eigenvalue weighted by Crippen LogP contribution is -2.74. The molecule has 0 N–H and O–H groups in total. The van der Waals surface area contributed by atoms with Crippen molar-refractivity contribution in [3.05, 3.63) is 216 Å². The van der Waals surface area contributed by atoms with Crippen molar-refractivity contribution in [1.29, 1.82) is 0 Å². The maximum Gasteiger partial charge on any atom is 0.179 e. The van der Waals surface area contributed by atoms with E-state index >= 15 is 0 Å². The molecule has 2 heteroatoms. The molecule has 6 aromatic rings. The zero-order valence-corrected chi connectivity index (χ0v) is 31.0. The van der Waals surface area contributed by atoms with Crippen LogP contribution in [0.2, 0.25) is 0 Å². The molecule has 0 spiro atoms. The molecule has 0 bridgehead atoms. The van der Waals surface area contributed by atoms with Gasteiger partial charge in [0, 0.05) is 9.79 Å². The van der Waals surface area contributed by atoms with E-state index in [9.17, 15) is 0 Å². The molecule has 0 fully saturated rings. The third-order valence-corrected chi connectivity index (χ3v) is 19.1. The molecule has 6 aromatic carbocycles. The highest BCUT2D eigenvalue weighted by Crippen LogP contribution is 2.73. The first-order chi connectivity index (χ1) is 24.6. The third kappa shape index (κ3) is 5.50. The van der Waals surface area contributed by atoms with E-state index in [1.165, 1.54) is 62.6 Å². The van der Waals surface area contributed by atoms with E-state index in [0.29, 0.717) is 0 Å². The van der Waals surface area contributed by atoms with Crippen LogP contribution in [-0.2, 0) is 6.42 Å². The molecule has 0 nitrogen and oxygen atoms in total. The van der Waals surface area contributed by atoms with Gasteiger partial charge in [0.15, 0.2) is 8.07 Å². The van der Waals surface area contributed by atoms with Gasteiger partial charge in [0.05, 0.1) is 0 Å². The van der Waals surface area contributed by atoms with Gasteiger partial charge in [-0.1, -0.05) is 170 Å². The molecule has 0 radical (unpaired) electrons. The van der Waals surface area contributed by atoms with Gasteiger partial charge >= 0.3 is 0 Å². The lowest BCUT2D eigenvalue weighted by Gasteiger charge is -2.43. The first-order valence-corrected chi connectivity index (χ1v) is 21.1. The molecule has 7 rings (SSSR count). The summed E-state index contributed by atoms with van der Waals surface area (Å²) >= 11 is 0. The van der Waals surface area contributed by atoms with Crippen LogP contribution in [0.3, 0.4) is 0 Å². The van der Waals surface area contributed by atoms with E-state index in [0.717, 1.165) is 6.42 Å². The normalized spacial score (nSPS) is 14.9. The third-order valence-electron chi connectivity index (χ3n) is 10.2. The zero-order chi connectivity index (χ0) is 34.6. The highest BCUT2D eigenvalue weighted by atomic mass is 32.3. The molecule has 1 atom stereocenters. The molecule has 0 saturated carbocycles. The standard InChI is InChI=1S/C48H44SSi/c1-5-20-37(4)49(40(7-3)21-6-2,41-22-12-8-13-23-41)42-32-30-38-34-39-31-33-46(36-48(39)47(38)35-42)50(43-24-14-9-15-25-43,44-26-16-10-17-27-44)45-28-18-11-19-29-45/h5-33,35-36H,1,34H2,2-4H3/b21-6-,37-20+,40-7+. The van der Waals surface area contributed by atoms with Crippen LogP contribution in [0.1, 0.15) is 31.9 Å². The van der Waals surface area contributed by atoms with E-state index in [1.807, 2.05) is 6.08 Å². The van der Waals surface area contributed by atoms with Gasteiger partial charge in [0.2, 0.25) is 0 Å². The SMILES string of the molecule is C=C/C=C(\C)S(C(/C=C\C)=C/C)(c1ccccc1)c1ccc2c(c1)-c1cc([Si](c3ccccc3)(c3ccccc3)c3ccccc3)ccc1C2. The highest BCUT2D eigenvalue weighted by molar-refractivity contribution is 8.40. The molecule has 0 amide bonds. The second-order valence-corrected chi connectivity index (χ2v) is 19.9. The van der Waals surface area contributed by atoms with Gasteiger partial charge < -0.3 is 0 Å². The van der Waals surface area contributed by atoms with Crippen LogP contribution in [0, 0.1) is 0 Å². The Balaban J connectivity index is 1.51. The average molecular weight is 681 g/mol. The van der Waals surface area contributed by atoms with E-state index in [-0.39, 0.29) is 0 Å². The molecule has 0 aromatic heterocycles. The second kappa shape index (κ2) is 14.4. The predicted molar refractivity (Wildman–Crippen MR) is 221 cm³/mol. The first-order valence-electron chi connectivity index (χ1n) is 17.5. The van der Waals surface area contributed by atoms with Crippen molar-refractivity contribution in [2.45, 2.75) is 37.0 Å². The summed E-state index contributed by atoms with van der Waals surface area (Å²) < 4.78 is 0. The smallest absolute Gasteiger partial charge is 0.137 e. The summed E-state index contributed by atoms with van der Waals surface area (Å²) in [6.45, 7) is 10.7. The minimum atomic E-state index is -2.66. The molecular weight excluding hydrogens is 637 g/mol. The van der Waals surface area contributed by atoms with Crippen LogP contribution in [0.4, 0.5) is 0 Å². The molecule has 1 aliphatic carbocycles. The van der Waals surface area contributed by atoms with Crippen LogP contribution < -0.4 is 20.7 Å². The Kier molecular flexibility index (Phi) is 9.58. The lowest BCUT2D eigenvalue weighted by atomic mass is 10.1. The molecule has 246 valence electrons. The summed E-state index contributed by atoms with van der Waals surface area (Å²) in [6.07, 6.45) is 11.9. The quantitative estimate of drug-likeness (QED) is 0.0766. The molecule has 50 heavy (non-hydrogen) atoms. The van der Waals surface area contributed by atoms with Gasteiger partial charge in [0.1, 0.15) is 0 Å². The number of rotatable bonds is 10. The fourth-order valence-corrected chi connectivity index (χ4v) is 16.9.